The second kappa shape index (κ2) is 12.8. The zero-order chi connectivity index (χ0) is 32.3. The van der Waals surface area contributed by atoms with Gasteiger partial charge in [-0.15, -0.1) is 0 Å². The molecule has 7 aromatic rings. The van der Waals surface area contributed by atoms with Gasteiger partial charge in [-0.3, -0.25) is 14.9 Å². The second-order valence-corrected chi connectivity index (χ2v) is 11.5. The van der Waals surface area contributed by atoms with Gasteiger partial charge < -0.3 is 20.5 Å². The zero-order valence-electron chi connectivity index (χ0n) is 25.8. The van der Waals surface area contributed by atoms with Gasteiger partial charge in [-0.25, -0.2) is 19.3 Å². The van der Waals surface area contributed by atoms with Crippen molar-refractivity contribution in [3.05, 3.63) is 103 Å². The number of carbonyl (C=O) groups excluding carboxylic acids is 1. The van der Waals surface area contributed by atoms with Crippen molar-refractivity contribution >= 4 is 39.5 Å². The lowest BCUT2D eigenvalue weighted by molar-refractivity contribution is -0.115. The van der Waals surface area contributed by atoms with E-state index in [1.165, 1.54) is 12.1 Å². The van der Waals surface area contributed by atoms with Crippen LogP contribution in [0, 0.1) is 5.82 Å². The predicted octanol–water partition coefficient (Wildman–Crippen LogP) is 5.92. The van der Waals surface area contributed by atoms with Crippen LogP contribution < -0.4 is 10.6 Å². The molecule has 234 valence electrons. The highest BCUT2D eigenvalue weighted by atomic mass is 19.1. The van der Waals surface area contributed by atoms with Crippen molar-refractivity contribution in [2.24, 2.45) is 0 Å². The number of amides is 1. The highest BCUT2D eigenvalue weighted by Gasteiger charge is 2.18. The van der Waals surface area contributed by atoms with E-state index in [9.17, 15) is 9.18 Å². The van der Waals surface area contributed by atoms with E-state index in [4.69, 9.17) is 4.98 Å². The maximum absolute atomic E-state index is 14.7. The molecule has 0 aliphatic rings. The molecule has 0 bridgehead atoms. The standard InChI is InChI=1S/C35H31FN10O/c1-46(2)11-10-38-26-14-22(13-25(36)17-26)28-8-9-39-34-31(28)42-35(43-34)32-29-16-24(19-40-33(29)45-44-32)23-15-27(20-37-18-23)41-30(47)12-21-6-4-3-5-7-21/h3-9,13-20,38H,10-12H2,1-2H3,(H,41,47)(H,39,42,43)(H,40,44,45). The number of rotatable bonds is 10. The van der Waals surface area contributed by atoms with E-state index >= 15 is 0 Å². The van der Waals surface area contributed by atoms with E-state index in [-0.39, 0.29) is 18.1 Å². The summed E-state index contributed by atoms with van der Waals surface area (Å²) in [4.78, 5) is 36.3. The molecule has 5 heterocycles. The van der Waals surface area contributed by atoms with Crippen molar-refractivity contribution in [1.82, 2.24) is 40.0 Å². The molecular weight excluding hydrogens is 595 g/mol. The van der Waals surface area contributed by atoms with E-state index in [1.807, 2.05) is 68.7 Å². The molecule has 47 heavy (non-hydrogen) atoms. The summed E-state index contributed by atoms with van der Waals surface area (Å²) >= 11 is 0. The van der Waals surface area contributed by atoms with Crippen LogP contribution in [-0.2, 0) is 11.2 Å². The maximum atomic E-state index is 14.7. The molecule has 0 atom stereocenters. The molecule has 7 rings (SSSR count). The fourth-order valence-corrected chi connectivity index (χ4v) is 5.42. The number of benzene rings is 2. The Labute approximate surface area is 269 Å². The normalized spacial score (nSPS) is 11.4. The third-order valence-corrected chi connectivity index (χ3v) is 7.69. The molecule has 1 amide bonds. The van der Waals surface area contributed by atoms with Gasteiger partial charge in [0, 0.05) is 54.1 Å². The summed E-state index contributed by atoms with van der Waals surface area (Å²) in [5, 5.41) is 14.5. The van der Waals surface area contributed by atoms with E-state index in [1.54, 1.807) is 24.8 Å². The van der Waals surface area contributed by atoms with Crippen molar-refractivity contribution in [2.75, 3.05) is 37.8 Å². The number of pyridine rings is 3. The molecule has 0 radical (unpaired) electrons. The zero-order valence-corrected chi connectivity index (χ0v) is 25.8. The van der Waals surface area contributed by atoms with E-state index in [2.05, 4.69) is 45.7 Å². The Morgan fingerprint density at radius 1 is 0.894 bits per heavy atom. The molecule has 0 aliphatic carbocycles. The monoisotopic (exact) mass is 626 g/mol. The number of H-pyrrole nitrogens is 2. The Morgan fingerprint density at radius 3 is 2.57 bits per heavy atom. The van der Waals surface area contributed by atoms with Gasteiger partial charge in [0.1, 0.15) is 17.0 Å². The smallest absolute Gasteiger partial charge is 0.228 e. The molecule has 11 nitrogen and oxygen atoms in total. The molecule has 12 heteroatoms. The first-order chi connectivity index (χ1) is 22.9. The number of nitrogens with zero attached hydrogens (tertiary/aromatic N) is 6. The summed E-state index contributed by atoms with van der Waals surface area (Å²) in [6.45, 7) is 1.50. The van der Waals surface area contributed by atoms with Crippen LogP contribution in [0.3, 0.4) is 0 Å². The Kier molecular flexibility index (Phi) is 8.07. The van der Waals surface area contributed by atoms with Crippen LogP contribution in [-0.4, -0.2) is 73.1 Å². The molecular formula is C35H31FN10O. The molecule has 0 aliphatic heterocycles. The van der Waals surface area contributed by atoms with E-state index < -0.39 is 0 Å². The number of halogens is 1. The van der Waals surface area contributed by atoms with Crippen molar-refractivity contribution in [1.29, 1.82) is 0 Å². The number of hydrogen-bond acceptors (Lipinski definition) is 8. The van der Waals surface area contributed by atoms with Crippen LogP contribution >= 0.6 is 0 Å². The largest absolute Gasteiger partial charge is 0.384 e. The lowest BCUT2D eigenvalue weighted by atomic mass is 10.0. The number of aromatic nitrogens is 7. The van der Waals surface area contributed by atoms with Crippen LogP contribution in [0.15, 0.2) is 91.5 Å². The van der Waals surface area contributed by atoms with Crippen LogP contribution in [0.4, 0.5) is 15.8 Å². The van der Waals surface area contributed by atoms with E-state index in [0.717, 1.165) is 34.2 Å². The molecule has 5 aromatic heterocycles. The number of nitrogens with one attached hydrogen (secondary N) is 4. The topological polar surface area (TPSA) is 140 Å². The Hall–Kier alpha value is -6.01. The minimum Gasteiger partial charge on any atom is -0.384 e. The molecule has 0 fully saturated rings. The van der Waals surface area contributed by atoms with Gasteiger partial charge in [0.2, 0.25) is 5.91 Å². The molecule has 0 saturated carbocycles. The second-order valence-electron chi connectivity index (χ2n) is 11.5. The highest BCUT2D eigenvalue weighted by Crippen LogP contribution is 2.33. The molecule has 0 unspecified atom stereocenters. The number of fused-ring (bicyclic) bond motifs is 2. The third kappa shape index (κ3) is 6.53. The summed E-state index contributed by atoms with van der Waals surface area (Å²) in [5.74, 6) is 0.0153. The first-order valence-corrected chi connectivity index (χ1v) is 15.1. The fraction of sp³-hybridized carbons (Fsp3) is 0.143. The number of anilines is 2. The first-order valence-electron chi connectivity index (χ1n) is 15.1. The predicted molar refractivity (Wildman–Crippen MR) is 181 cm³/mol. The van der Waals surface area contributed by atoms with Crippen LogP contribution in [0.5, 0.6) is 0 Å². The number of hydrogen-bond donors (Lipinski definition) is 4. The summed E-state index contributed by atoms with van der Waals surface area (Å²) in [6, 6.07) is 20.1. The Balaban J connectivity index is 1.18. The molecule has 2 aromatic carbocycles. The molecule has 0 saturated heterocycles. The lowest BCUT2D eigenvalue weighted by Gasteiger charge is -2.12. The van der Waals surface area contributed by atoms with E-state index in [0.29, 0.717) is 51.8 Å². The number of aromatic amines is 2. The SMILES string of the molecule is CN(C)CCNc1cc(F)cc(-c2ccnc3[nH]c(-c4n[nH]c5ncc(-c6cncc(NC(=O)Cc7ccccc7)c6)cc45)nc23)c1. The minimum atomic E-state index is -0.346. The summed E-state index contributed by atoms with van der Waals surface area (Å²) in [6.07, 6.45) is 6.99. The fourth-order valence-electron chi connectivity index (χ4n) is 5.42. The van der Waals surface area contributed by atoms with Crippen LogP contribution in [0.2, 0.25) is 0 Å². The van der Waals surface area contributed by atoms with Crippen LogP contribution in [0.25, 0.3) is 56.0 Å². The highest BCUT2D eigenvalue weighted by molar-refractivity contribution is 5.97. The number of likely N-dealkylation sites (N-methyl/N-ethyl adjacent to an activating group) is 1. The van der Waals surface area contributed by atoms with Crippen LogP contribution in [0.1, 0.15) is 5.56 Å². The maximum Gasteiger partial charge on any atom is 0.228 e. The van der Waals surface area contributed by atoms with Crippen molar-refractivity contribution in [3.8, 4) is 33.8 Å². The third-order valence-electron chi connectivity index (χ3n) is 7.69. The summed E-state index contributed by atoms with van der Waals surface area (Å²) in [7, 11) is 3.98. The first kappa shape index (κ1) is 29.7. The van der Waals surface area contributed by atoms with Crippen molar-refractivity contribution in [3.63, 3.8) is 0 Å². The number of carbonyl (C=O) groups is 1. The molecule has 0 spiro atoms. The van der Waals surface area contributed by atoms with Gasteiger partial charge in [0.15, 0.2) is 17.1 Å². The average Bonchev–Trinajstić information content (AvgIpc) is 3.69. The van der Waals surface area contributed by atoms with Gasteiger partial charge >= 0.3 is 0 Å². The van der Waals surface area contributed by atoms with Crippen molar-refractivity contribution < 1.29 is 9.18 Å². The number of imidazole rings is 1. The Bertz CT molecular complexity index is 2210. The van der Waals surface area contributed by atoms with Crippen molar-refractivity contribution in [2.45, 2.75) is 6.42 Å². The van der Waals surface area contributed by atoms with Gasteiger partial charge in [-0.2, -0.15) is 5.10 Å². The van der Waals surface area contributed by atoms with Gasteiger partial charge in [0.25, 0.3) is 0 Å². The average molecular weight is 627 g/mol. The molecule has 4 N–H and O–H groups in total. The Morgan fingerprint density at radius 2 is 1.72 bits per heavy atom. The van der Waals surface area contributed by atoms with Gasteiger partial charge in [-0.05, 0) is 61.6 Å². The summed E-state index contributed by atoms with van der Waals surface area (Å²) in [5.41, 5.74) is 7.47. The summed E-state index contributed by atoms with van der Waals surface area (Å²) < 4.78 is 14.7. The van der Waals surface area contributed by atoms with Gasteiger partial charge in [-0.1, -0.05) is 30.3 Å². The lowest BCUT2D eigenvalue weighted by Crippen LogP contribution is -2.20. The quantitative estimate of drug-likeness (QED) is 0.147. The minimum absolute atomic E-state index is 0.131. The van der Waals surface area contributed by atoms with Gasteiger partial charge in [0.05, 0.1) is 23.7 Å².